The molecule has 0 unspecified atom stereocenters. The van der Waals surface area contributed by atoms with E-state index in [2.05, 4.69) is 53.4 Å². The summed E-state index contributed by atoms with van der Waals surface area (Å²) in [6.45, 7) is 0. The van der Waals surface area contributed by atoms with Crippen molar-refractivity contribution in [2.45, 2.75) is 12.8 Å². The number of aryl methyl sites for hydroxylation is 1. The van der Waals surface area contributed by atoms with E-state index in [1.807, 2.05) is 0 Å². The van der Waals surface area contributed by atoms with E-state index in [4.69, 9.17) is 0 Å². The maximum absolute atomic E-state index is 2.29. The largest absolute Gasteiger partial charge is 1.00 e. The summed E-state index contributed by atoms with van der Waals surface area (Å²) in [6, 6.07) is 10.8. The molecule has 0 N–H and O–H groups in total. The summed E-state index contributed by atoms with van der Waals surface area (Å²) in [5.74, 6) is 0. The van der Waals surface area contributed by atoms with Crippen LogP contribution in [0.4, 0.5) is 0 Å². The van der Waals surface area contributed by atoms with Crippen LogP contribution in [0.15, 0.2) is 42.6 Å². The second-order valence-electron chi connectivity index (χ2n) is 3.72. The van der Waals surface area contributed by atoms with Gasteiger partial charge in [-0.2, -0.15) is 4.57 Å². The van der Waals surface area contributed by atoms with Gasteiger partial charge in [0, 0.05) is 17.9 Å². The number of rotatable bonds is 0. The Morgan fingerprint density at radius 2 is 1.87 bits per heavy atom. The molecule has 0 amide bonds. The molecule has 0 aliphatic carbocycles. The van der Waals surface area contributed by atoms with Crippen molar-refractivity contribution >= 4 is 17.0 Å². The first-order valence-corrected chi connectivity index (χ1v) is 5.03. The van der Waals surface area contributed by atoms with Crippen LogP contribution in [0.25, 0.3) is 17.0 Å². The third kappa shape index (κ3) is 1.75. The first-order valence-electron chi connectivity index (χ1n) is 5.03. The zero-order valence-corrected chi connectivity index (χ0v) is 9.11. The summed E-state index contributed by atoms with van der Waals surface area (Å²) in [5, 5.41) is 2.65. The van der Waals surface area contributed by atoms with Gasteiger partial charge in [0.25, 0.3) is 0 Å². The lowest BCUT2D eigenvalue weighted by Gasteiger charge is -2.04. The SMILES string of the molecule is C1=C[n+]2cc3ccccc3cc2CC1.[Cl-]. The molecule has 15 heavy (non-hydrogen) atoms. The van der Waals surface area contributed by atoms with Crippen molar-refractivity contribution in [3.8, 4) is 0 Å². The highest BCUT2D eigenvalue weighted by atomic mass is 35.5. The van der Waals surface area contributed by atoms with Gasteiger partial charge in [-0.1, -0.05) is 18.2 Å². The zero-order valence-electron chi connectivity index (χ0n) is 8.36. The third-order valence-electron chi connectivity index (χ3n) is 2.76. The number of fused-ring (bicyclic) bond motifs is 2. The predicted octanol–water partition coefficient (Wildman–Crippen LogP) is -0.452. The summed E-state index contributed by atoms with van der Waals surface area (Å²) >= 11 is 0. The average molecular weight is 218 g/mol. The fourth-order valence-electron chi connectivity index (χ4n) is 2.01. The number of nitrogens with zero attached hydrogens (tertiary/aromatic N) is 1. The molecule has 1 aromatic heterocycles. The van der Waals surface area contributed by atoms with E-state index < -0.39 is 0 Å². The summed E-state index contributed by atoms with van der Waals surface area (Å²) in [5.41, 5.74) is 1.41. The van der Waals surface area contributed by atoms with Gasteiger partial charge >= 0.3 is 0 Å². The van der Waals surface area contributed by atoms with Crippen molar-refractivity contribution < 1.29 is 17.0 Å². The average Bonchev–Trinajstić information content (AvgIpc) is 2.26. The van der Waals surface area contributed by atoms with Crippen LogP contribution in [0, 0.1) is 0 Å². The Morgan fingerprint density at radius 3 is 2.73 bits per heavy atom. The molecule has 1 aliphatic heterocycles. The number of hydrogen-bond donors (Lipinski definition) is 0. The first kappa shape index (κ1) is 10.2. The minimum atomic E-state index is 0. The highest BCUT2D eigenvalue weighted by molar-refractivity contribution is 5.81. The van der Waals surface area contributed by atoms with Crippen LogP contribution < -0.4 is 17.0 Å². The first-order chi connectivity index (χ1) is 6.93. The lowest BCUT2D eigenvalue weighted by Crippen LogP contribution is -3.00. The lowest BCUT2D eigenvalue weighted by molar-refractivity contribution is -0.577. The highest BCUT2D eigenvalue weighted by Crippen LogP contribution is 2.15. The van der Waals surface area contributed by atoms with Gasteiger partial charge in [-0.3, -0.25) is 0 Å². The molecule has 0 saturated heterocycles. The van der Waals surface area contributed by atoms with Gasteiger partial charge in [0.2, 0.25) is 0 Å². The Bertz CT molecular complexity index is 517. The van der Waals surface area contributed by atoms with Crippen LogP contribution >= 0.6 is 0 Å². The molecule has 76 valence electrons. The smallest absolute Gasteiger partial charge is 0.187 e. The number of benzene rings is 1. The molecule has 1 nitrogen and oxygen atoms in total. The standard InChI is InChI=1S/C13H12N.ClH/c1-2-6-12-10-14-8-4-3-7-13(14)9-11(12)5-1;/h1-2,4-6,8-10H,3,7H2;1H/q+1;/p-1. The molecule has 1 aromatic carbocycles. The number of allylic oxidation sites excluding steroid dienone is 1. The monoisotopic (exact) mass is 217 g/mol. The molecule has 0 atom stereocenters. The molecule has 0 fully saturated rings. The van der Waals surface area contributed by atoms with Gasteiger partial charge in [-0.25, -0.2) is 0 Å². The second kappa shape index (κ2) is 4.03. The Labute approximate surface area is 95.5 Å². The van der Waals surface area contributed by atoms with Crippen molar-refractivity contribution in [1.29, 1.82) is 0 Å². The molecular formula is C13H12ClN. The Hall–Kier alpha value is -1.34. The topological polar surface area (TPSA) is 3.88 Å². The van der Waals surface area contributed by atoms with Gasteiger partial charge in [0.15, 0.2) is 18.1 Å². The summed E-state index contributed by atoms with van der Waals surface area (Å²) < 4.78 is 2.23. The third-order valence-corrected chi connectivity index (χ3v) is 2.76. The van der Waals surface area contributed by atoms with E-state index >= 15 is 0 Å². The molecule has 2 heteroatoms. The summed E-state index contributed by atoms with van der Waals surface area (Å²) in [6.07, 6.45) is 8.91. The van der Waals surface area contributed by atoms with Crippen LogP contribution in [-0.4, -0.2) is 0 Å². The molecule has 0 spiro atoms. The minimum Gasteiger partial charge on any atom is -1.00 e. The van der Waals surface area contributed by atoms with Crippen molar-refractivity contribution in [2.75, 3.05) is 0 Å². The highest BCUT2D eigenvalue weighted by Gasteiger charge is 2.12. The molecule has 0 bridgehead atoms. The Balaban J connectivity index is 0.000000853. The van der Waals surface area contributed by atoms with Gasteiger partial charge in [0.05, 0.1) is 0 Å². The van der Waals surface area contributed by atoms with Crippen LogP contribution in [0.5, 0.6) is 0 Å². The second-order valence-corrected chi connectivity index (χ2v) is 3.72. The van der Waals surface area contributed by atoms with E-state index in [1.165, 1.54) is 22.9 Å². The van der Waals surface area contributed by atoms with E-state index in [0.29, 0.717) is 0 Å². The fourth-order valence-corrected chi connectivity index (χ4v) is 2.01. The van der Waals surface area contributed by atoms with Crippen molar-refractivity contribution in [3.63, 3.8) is 0 Å². The number of hydrogen-bond acceptors (Lipinski definition) is 0. The van der Waals surface area contributed by atoms with Gasteiger partial charge in [-0.05, 0) is 23.9 Å². The van der Waals surface area contributed by atoms with Crippen molar-refractivity contribution in [3.05, 3.63) is 48.3 Å². The Morgan fingerprint density at radius 1 is 1.07 bits per heavy atom. The predicted molar refractivity (Wildman–Crippen MR) is 57.8 cm³/mol. The molecule has 1 aliphatic rings. The van der Waals surface area contributed by atoms with Gasteiger partial charge < -0.3 is 12.4 Å². The lowest BCUT2D eigenvalue weighted by atomic mass is 10.1. The van der Waals surface area contributed by atoms with E-state index in [1.54, 1.807) is 0 Å². The normalized spacial score (nSPS) is 13.3. The molecular weight excluding hydrogens is 206 g/mol. The summed E-state index contributed by atoms with van der Waals surface area (Å²) in [4.78, 5) is 0. The van der Waals surface area contributed by atoms with Crippen LogP contribution in [-0.2, 0) is 6.42 Å². The van der Waals surface area contributed by atoms with Crippen molar-refractivity contribution in [2.24, 2.45) is 0 Å². The fraction of sp³-hybridized carbons (Fsp3) is 0.154. The van der Waals surface area contributed by atoms with Gasteiger partial charge in [0.1, 0.15) is 0 Å². The minimum absolute atomic E-state index is 0. The van der Waals surface area contributed by atoms with Crippen LogP contribution in [0.2, 0.25) is 0 Å². The molecule has 3 rings (SSSR count). The number of aromatic nitrogens is 1. The Kier molecular flexibility index (Phi) is 2.74. The molecule has 2 heterocycles. The maximum Gasteiger partial charge on any atom is 0.187 e. The molecule has 0 radical (unpaired) electrons. The zero-order chi connectivity index (χ0) is 9.38. The summed E-state index contributed by atoms with van der Waals surface area (Å²) in [7, 11) is 0. The number of halogens is 1. The molecule has 2 aromatic rings. The van der Waals surface area contributed by atoms with Crippen LogP contribution in [0.1, 0.15) is 12.1 Å². The maximum atomic E-state index is 2.29. The van der Waals surface area contributed by atoms with E-state index in [0.717, 1.165) is 6.42 Å². The van der Waals surface area contributed by atoms with Crippen molar-refractivity contribution in [1.82, 2.24) is 0 Å². The van der Waals surface area contributed by atoms with Gasteiger partial charge in [-0.15, -0.1) is 0 Å². The van der Waals surface area contributed by atoms with E-state index in [9.17, 15) is 0 Å². The van der Waals surface area contributed by atoms with Crippen LogP contribution in [0.3, 0.4) is 0 Å². The molecule has 0 saturated carbocycles. The quantitative estimate of drug-likeness (QED) is 0.527. The van der Waals surface area contributed by atoms with E-state index in [-0.39, 0.29) is 12.4 Å². The number of pyridine rings is 1.